The van der Waals surface area contributed by atoms with Crippen LogP contribution in [0.1, 0.15) is 11.1 Å². The third-order valence-corrected chi connectivity index (χ3v) is 10.2. The lowest BCUT2D eigenvalue weighted by molar-refractivity contribution is 1.42. The van der Waals surface area contributed by atoms with Crippen molar-refractivity contribution in [1.82, 2.24) is 0 Å². The Morgan fingerprint density at radius 3 is 1.46 bits per heavy atom. The SMILES string of the molecule is Cc1ccccc1-c1cc2ccccc2c(-c2cccc(-c3c4ccccc4c(-c4cccc5ccccc45)c4ccccc34)c2)c1C. The van der Waals surface area contributed by atoms with Crippen LogP contribution in [0.2, 0.25) is 0 Å². The normalized spacial score (nSPS) is 11.5. The Labute approximate surface area is 281 Å². The Morgan fingerprint density at radius 1 is 0.292 bits per heavy atom. The van der Waals surface area contributed by atoms with Gasteiger partial charge in [0.1, 0.15) is 0 Å². The lowest BCUT2D eigenvalue weighted by Crippen LogP contribution is -1.94. The second-order valence-electron chi connectivity index (χ2n) is 12.9. The maximum absolute atomic E-state index is 2.42. The molecular formula is C48H34. The molecule has 0 N–H and O–H groups in total. The zero-order valence-corrected chi connectivity index (χ0v) is 27.2. The molecule has 0 amide bonds. The van der Waals surface area contributed by atoms with Gasteiger partial charge < -0.3 is 0 Å². The van der Waals surface area contributed by atoms with E-state index in [9.17, 15) is 0 Å². The summed E-state index contributed by atoms with van der Waals surface area (Å²) in [5, 5.41) is 10.2. The van der Waals surface area contributed by atoms with Crippen LogP contribution >= 0.6 is 0 Å². The van der Waals surface area contributed by atoms with Gasteiger partial charge in [-0.2, -0.15) is 0 Å². The van der Waals surface area contributed by atoms with Gasteiger partial charge in [-0.05, 0) is 125 Å². The summed E-state index contributed by atoms with van der Waals surface area (Å²) >= 11 is 0. The van der Waals surface area contributed by atoms with Gasteiger partial charge in [0.15, 0.2) is 0 Å². The lowest BCUT2D eigenvalue weighted by Gasteiger charge is -2.20. The summed E-state index contributed by atoms with van der Waals surface area (Å²) in [6.07, 6.45) is 0. The molecule has 48 heavy (non-hydrogen) atoms. The summed E-state index contributed by atoms with van der Waals surface area (Å²) in [6, 6.07) is 62.5. The number of rotatable bonds is 4. The van der Waals surface area contributed by atoms with Gasteiger partial charge in [0.25, 0.3) is 0 Å². The Morgan fingerprint density at radius 2 is 0.771 bits per heavy atom. The van der Waals surface area contributed by atoms with E-state index in [1.807, 2.05) is 0 Å². The topological polar surface area (TPSA) is 0 Å². The van der Waals surface area contributed by atoms with E-state index in [1.54, 1.807) is 0 Å². The Hall–Kier alpha value is -5.98. The van der Waals surface area contributed by atoms with Gasteiger partial charge in [-0.25, -0.2) is 0 Å². The second kappa shape index (κ2) is 11.4. The fraction of sp³-hybridized carbons (Fsp3) is 0.0417. The fourth-order valence-electron chi connectivity index (χ4n) is 7.98. The predicted molar refractivity (Wildman–Crippen MR) is 208 cm³/mol. The van der Waals surface area contributed by atoms with Crippen LogP contribution in [0.15, 0.2) is 170 Å². The molecule has 0 nitrogen and oxygen atoms in total. The zero-order chi connectivity index (χ0) is 32.2. The number of benzene rings is 9. The Balaban J connectivity index is 1.33. The van der Waals surface area contributed by atoms with Gasteiger partial charge in [-0.15, -0.1) is 0 Å². The van der Waals surface area contributed by atoms with Crippen molar-refractivity contribution in [2.75, 3.05) is 0 Å². The molecule has 0 heterocycles. The van der Waals surface area contributed by atoms with Gasteiger partial charge in [0, 0.05) is 0 Å². The molecule has 0 aliphatic carbocycles. The maximum atomic E-state index is 2.42. The van der Waals surface area contributed by atoms with E-state index >= 15 is 0 Å². The molecule has 0 saturated heterocycles. The van der Waals surface area contributed by atoms with E-state index in [-0.39, 0.29) is 0 Å². The van der Waals surface area contributed by atoms with Crippen LogP contribution in [0, 0.1) is 13.8 Å². The molecule has 9 aromatic carbocycles. The molecule has 9 rings (SSSR count). The van der Waals surface area contributed by atoms with E-state index in [0.717, 1.165) is 0 Å². The van der Waals surface area contributed by atoms with Crippen LogP contribution in [-0.2, 0) is 0 Å². The quantitative estimate of drug-likeness (QED) is 0.174. The molecule has 0 aromatic heterocycles. The Bertz CT molecular complexity index is 2630. The first-order chi connectivity index (χ1) is 23.7. The van der Waals surface area contributed by atoms with Crippen molar-refractivity contribution < 1.29 is 0 Å². The van der Waals surface area contributed by atoms with Crippen LogP contribution in [0.5, 0.6) is 0 Å². The highest BCUT2D eigenvalue weighted by atomic mass is 14.2. The van der Waals surface area contributed by atoms with Crippen molar-refractivity contribution in [2.24, 2.45) is 0 Å². The summed E-state index contributed by atoms with van der Waals surface area (Å²) in [5.74, 6) is 0. The minimum absolute atomic E-state index is 1.23. The number of fused-ring (bicyclic) bond motifs is 4. The zero-order valence-electron chi connectivity index (χ0n) is 27.2. The third kappa shape index (κ3) is 4.45. The molecule has 0 radical (unpaired) electrons. The van der Waals surface area contributed by atoms with Crippen molar-refractivity contribution in [1.29, 1.82) is 0 Å². The fourth-order valence-corrected chi connectivity index (χ4v) is 7.98. The standard InChI is InChI=1S/C48H34/c1-31-15-3-6-21-37(31)45-30-34-17-5-8-23-39(34)46(32(45)2)35-19-13-20-36(29-35)47-41-24-9-11-26-43(41)48(44-27-12-10-25-42(44)47)40-28-14-18-33-16-4-7-22-38(33)40/h3-30H,1-2H3. The smallest absolute Gasteiger partial charge is 0.00201 e. The van der Waals surface area contributed by atoms with Crippen molar-refractivity contribution >= 4 is 43.1 Å². The molecular weight excluding hydrogens is 577 g/mol. The third-order valence-electron chi connectivity index (χ3n) is 10.2. The van der Waals surface area contributed by atoms with Crippen molar-refractivity contribution in [3.05, 3.63) is 181 Å². The van der Waals surface area contributed by atoms with Crippen LogP contribution in [0.25, 0.3) is 87.6 Å². The van der Waals surface area contributed by atoms with Crippen molar-refractivity contribution in [3.63, 3.8) is 0 Å². The van der Waals surface area contributed by atoms with Crippen LogP contribution in [0.4, 0.5) is 0 Å². The van der Waals surface area contributed by atoms with E-state index in [2.05, 4.69) is 184 Å². The molecule has 0 bridgehead atoms. The average Bonchev–Trinajstić information content (AvgIpc) is 3.14. The molecule has 0 unspecified atom stereocenters. The number of hydrogen-bond donors (Lipinski definition) is 0. The van der Waals surface area contributed by atoms with E-state index in [0.29, 0.717) is 0 Å². The summed E-state index contributed by atoms with van der Waals surface area (Å²) < 4.78 is 0. The molecule has 0 aliphatic heterocycles. The maximum Gasteiger partial charge on any atom is -0.00201 e. The Kier molecular flexibility index (Phi) is 6.69. The molecule has 0 spiro atoms. The van der Waals surface area contributed by atoms with Gasteiger partial charge >= 0.3 is 0 Å². The van der Waals surface area contributed by atoms with Crippen molar-refractivity contribution in [3.8, 4) is 44.5 Å². The molecule has 0 heteroatoms. The number of aryl methyl sites for hydroxylation is 1. The first-order valence-electron chi connectivity index (χ1n) is 16.8. The van der Waals surface area contributed by atoms with Gasteiger partial charge in [0.05, 0.1) is 0 Å². The molecule has 0 aliphatic rings. The second-order valence-corrected chi connectivity index (χ2v) is 12.9. The van der Waals surface area contributed by atoms with E-state index in [1.165, 1.54) is 98.7 Å². The average molecular weight is 611 g/mol. The van der Waals surface area contributed by atoms with Crippen LogP contribution < -0.4 is 0 Å². The van der Waals surface area contributed by atoms with Crippen LogP contribution in [-0.4, -0.2) is 0 Å². The molecule has 0 saturated carbocycles. The largest absolute Gasteiger partial charge is 0.0620 e. The predicted octanol–water partition coefficient (Wildman–Crippen LogP) is 13.6. The summed E-state index contributed by atoms with van der Waals surface area (Å²) in [4.78, 5) is 0. The molecule has 0 fully saturated rings. The first-order valence-corrected chi connectivity index (χ1v) is 16.8. The highest BCUT2D eigenvalue weighted by molar-refractivity contribution is 6.23. The van der Waals surface area contributed by atoms with Gasteiger partial charge in [-0.3, -0.25) is 0 Å². The monoisotopic (exact) mass is 610 g/mol. The summed E-state index contributed by atoms with van der Waals surface area (Å²) in [5.41, 5.74) is 12.8. The van der Waals surface area contributed by atoms with Gasteiger partial charge in [0.2, 0.25) is 0 Å². The molecule has 0 atom stereocenters. The minimum Gasteiger partial charge on any atom is -0.0620 e. The highest BCUT2D eigenvalue weighted by Crippen LogP contribution is 2.46. The molecule has 226 valence electrons. The highest BCUT2D eigenvalue weighted by Gasteiger charge is 2.19. The van der Waals surface area contributed by atoms with Gasteiger partial charge in [-0.1, -0.05) is 158 Å². The molecule has 9 aromatic rings. The lowest BCUT2D eigenvalue weighted by atomic mass is 9.83. The first kappa shape index (κ1) is 28.3. The summed E-state index contributed by atoms with van der Waals surface area (Å²) in [7, 11) is 0. The van der Waals surface area contributed by atoms with E-state index in [4.69, 9.17) is 0 Å². The van der Waals surface area contributed by atoms with E-state index < -0.39 is 0 Å². The minimum atomic E-state index is 1.23. The van der Waals surface area contributed by atoms with Crippen molar-refractivity contribution in [2.45, 2.75) is 13.8 Å². The van der Waals surface area contributed by atoms with Crippen LogP contribution in [0.3, 0.4) is 0 Å². The number of hydrogen-bond acceptors (Lipinski definition) is 0. The summed E-state index contributed by atoms with van der Waals surface area (Å²) in [6.45, 7) is 4.50.